The molecule has 0 amide bonds. The zero-order valence-electron chi connectivity index (χ0n) is 13.7. The van der Waals surface area contributed by atoms with E-state index in [1.165, 1.54) is 0 Å². The molecule has 1 saturated heterocycles. The van der Waals surface area contributed by atoms with E-state index >= 15 is 0 Å². The Labute approximate surface area is 136 Å². The molecule has 3 rings (SSSR count). The van der Waals surface area contributed by atoms with Crippen LogP contribution in [0.15, 0.2) is 29.0 Å². The van der Waals surface area contributed by atoms with E-state index in [-0.39, 0.29) is 0 Å². The van der Waals surface area contributed by atoms with Gasteiger partial charge >= 0.3 is 0 Å². The van der Waals surface area contributed by atoms with Crippen molar-refractivity contribution >= 4 is 0 Å². The largest absolute Gasteiger partial charge is 0.383 e. The Hall–Kier alpha value is -1.83. The minimum atomic E-state index is 0.500. The monoisotopic (exact) mass is 317 g/mol. The lowest BCUT2D eigenvalue weighted by molar-refractivity contribution is 0.0512. The number of hydrogen-bond acceptors (Lipinski definition) is 7. The van der Waals surface area contributed by atoms with Crippen LogP contribution in [-0.4, -0.2) is 70.9 Å². The fourth-order valence-electron chi connectivity index (χ4n) is 2.88. The highest BCUT2D eigenvalue weighted by Gasteiger charge is 2.24. The molecule has 0 radical (unpaired) electrons. The van der Waals surface area contributed by atoms with Crippen LogP contribution in [0.4, 0.5) is 0 Å². The number of rotatable bonds is 6. The molecule has 0 aromatic carbocycles. The molecule has 1 aliphatic rings. The molecule has 1 aliphatic heterocycles. The lowest BCUT2D eigenvalue weighted by Crippen LogP contribution is -2.52. The highest BCUT2D eigenvalue weighted by atomic mass is 16.5. The maximum atomic E-state index is 5.38. The van der Waals surface area contributed by atoms with Crippen molar-refractivity contribution in [2.75, 3.05) is 39.9 Å². The first-order valence-corrected chi connectivity index (χ1v) is 7.94. The molecular formula is C16H23N5O2. The number of nitrogens with zero attached hydrogens (tertiary/aromatic N) is 5. The van der Waals surface area contributed by atoms with Gasteiger partial charge in [0.1, 0.15) is 0 Å². The van der Waals surface area contributed by atoms with Crippen LogP contribution >= 0.6 is 0 Å². The molecule has 23 heavy (non-hydrogen) atoms. The van der Waals surface area contributed by atoms with E-state index in [1.54, 1.807) is 19.5 Å². The van der Waals surface area contributed by atoms with E-state index in [4.69, 9.17) is 9.26 Å². The molecule has 2 aromatic rings. The quantitative estimate of drug-likeness (QED) is 0.795. The third-order valence-corrected chi connectivity index (χ3v) is 4.18. The number of hydrogen-bond donors (Lipinski definition) is 0. The van der Waals surface area contributed by atoms with Gasteiger partial charge in [-0.15, -0.1) is 0 Å². The summed E-state index contributed by atoms with van der Waals surface area (Å²) in [5.41, 5.74) is 0.875. The molecule has 0 saturated carbocycles. The van der Waals surface area contributed by atoms with Crippen molar-refractivity contribution < 1.29 is 9.26 Å². The Bertz CT molecular complexity index is 604. The van der Waals surface area contributed by atoms with Gasteiger partial charge in [-0.1, -0.05) is 5.16 Å². The van der Waals surface area contributed by atoms with Crippen molar-refractivity contribution in [2.45, 2.75) is 19.5 Å². The normalized spacial score (nSPS) is 20.0. The third-order valence-electron chi connectivity index (χ3n) is 4.18. The standard InChI is InChI=1S/C16H23N5O2/c1-13-11-20(6-7-21(13)8-9-22-2)12-15-18-16(19-23-15)14-4-3-5-17-10-14/h3-5,10,13H,6-9,11-12H2,1-2H3. The molecule has 1 unspecified atom stereocenters. The second-order valence-corrected chi connectivity index (χ2v) is 5.87. The number of methoxy groups -OCH3 is 1. The van der Waals surface area contributed by atoms with Gasteiger partial charge in [0.05, 0.1) is 13.2 Å². The fourth-order valence-corrected chi connectivity index (χ4v) is 2.88. The first-order valence-electron chi connectivity index (χ1n) is 7.94. The summed E-state index contributed by atoms with van der Waals surface area (Å²) in [6.45, 7) is 7.73. The van der Waals surface area contributed by atoms with Gasteiger partial charge in [0, 0.05) is 57.3 Å². The second-order valence-electron chi connectivity index (χ2n) is 5.87. The summed E-state index contributed by atoms with van der Waals surface area (Å²) in [4.78, 5) is 13.4. The average molecular weight is 317 g/mol. The van der Waals surface area contributed by atoms with E-state index in [9.17, 15) is 0 Å². The van der Waals surface area contributed by atoms with Crippen molar-refractivity contribution in [3.05, 3.63) is 30.4 Å². The van der Waals surface area contributed by atoms with E-state index < -0.39 is 0 Å². The minimum absolute atomic E-state index is 0.500. The van der Waals surface area contributed by atoms with Gasteiger partial charge in [0.2, 0.25) is 11.7 Å². The minimum Gasteiger partial charge on any atom is -0.383 e. The van der Waals surface area contributed by atoms with Gasteiger partial charge in [-0.05, 0) is 19.1 Å². The van der Waals surface area contributed by atoms with E-state index in [2.05, 4.69) is 31.8 Å². The Balaban J connectivity index is 1.56. The highest BCUT2D eigenvalue weighted by molar-refractivity contribution is 5.51. The maximum Gasteiger partial charge on any atom is 0.241 e. The lowest BCUT2D eigenvalue weighted by atomic mass is 10.2. The Morgan fingerprint density at radius 2 is 2.30 bits per heavy atom. The molecule has 7 nitrogen and oxygen atoms in total. The van der Waals surface area contributed by atoms with Crippen molar-refractivity contribution in [2.24, 2.45) is 0 Å². The SMILES string of the molecule is COCCN1CCN(Cc2nc(-c3cccnc3)no2)CC1C. The summed E-state index contributed by atoms with van der Waals surface area (Å²) in [5, 5.41) is 4.05. The van der Waals surface area contributed by atoms with Crippen LogP contribution in [0, 0.1) is 0 Å². The van der Waals surface area contributed by atoms with Crippen molar-refractivity contribution in [1.82, 2.24) is 24.9 Å². The Kier molecular flexibility index (Phi) is 5.32. The van der Waals surface area contributed by atoms with Gasteiger partial charge in [0.25, 0.3) is 0 Å². The highest BCUT2D eigenvalue weighted by Crippen LogP contribution is 2.16. The summed E-state index contributed by atoms with van der Waals surface area (Å²) in [6, 6.07) is 4.30. The average Bonchev–Trinajstić information content (AvgIpc) is 3.03. The smallest absolute Gasteiger partial charge is 0.241 e. The van der Waals surface area contributed by atoms with Gasteiger partial charge in [-0.25, -0.2) is 0 Å². The van der Waals surface area contributed by atoms with Gasteiger partial charge in [-0.2, -0.15) is 4.98 Å². The molecule has 3 heterocycles. The van der Waals surface area contributed by atoms with Crippen LogP contribution in [0.5, 0.6) is 0 Å². The van der Waals surface area contributed by atoms with E-state index in [0.717, 1.165) is 38.3 Å². The molecular weight excluding hydrogens is 294 g/mol. The van der Waals surface area contributed by atoms with Crippen LogP contribution in [0.3, 0.4) is 0 Å². The summed E-state index contributed by atoms with van der Waals surface area (Å²) in [5.74, 6) is 1.25. The molecule has 7 heteroatoms. The van der Waals surface area contributed by atoms with Crippen LogP contribution in [0.1, 0.15) is 12.8 Å². The molecule has 1 fully saturated rings. The van der Waals surface area contributed by atoms with Crippen molar-refractivity contribution in [3.8, 4) is 11.4 Å². The molecule has 1 atom stereocenters. The van der Waals surface area contributed by atoms with E-state index in [0.29, 0.717) is 24.3 Å². The number of ether oxygens (including phenoxy) is 1. The topological polar surface area (TPSA) is 67.5 Å². The predicted octanol–water partition coefficient (Wildman–Crippen LogP) is 1.28. The Morgan fingerprint density at radius 1 is 1.39 bits per heavy atom. The van der Waals surface area contributed by atoms with Gasteiger partial charge in [-0.3, -0.25) is 14.8 Å². The van der Waals surface area contributed by atoms with Crippen molar-refractivity contribution in [1.29, 1.82) is 0 Å². The van der Waals surface area contributed by atoms with Gasteiger partial charge < -0.3 is 9.26 Å². The molecule has 124 valence electrons. The number of piperazine rings is 1. The number of pyridine rings is 1. The van der Waals surface area contributed by atoms with Crippen LogP contribution in [0.2, 0.25) is 0 Å². The van der Waals surface area contributed by atoms with Crippen LogP contribution < -0.4 is 0 Å². The Morgan fingerprint density at radius 3 is 3.04 bits per heavy atom. The van der Waals surface area contributed by atoms with Crippen LogP contribution in [-0.2, 0) is 11.3 Å². The molecule has 0 spiro atoms. The zero-order valence-corrected chi connectivity index (χ0v) is 13.7. The summed E-state index contributed by atoms with van der Waals surface area (Å²) < 4.78 is 10.6. The predicted molar refractivity (Wildman–Crippen MR) is 85.7 cm³/mol. The molecule has 2 aromatic heterocycles. The van der Waals surface area contributed by atoms with Gasteiger partial charge in [0.15, 0.2) is 0 Å². The fraction of sp³-hybridized carbons (Fsp3) is 0.562. The first-order chi connectivity index (χ1) is 11.3. The zero-order chi connectivity index (χ0) is 16.1. The number of aromatic nitrogens is 3. The first kappa shape index (κ1) is 16.0. The van der Waals surface area contributed by atoms with Crippen LogP contribution in [0.25, 0.3) is 11.4 Å². The van der Waals surface area contributed by atoms with E-state index in [1.807, 2.05) is 12.1 Å². The van der Waals surface area contributed by atoms with Crippen molar-refractivity contribution in [3.63, 3.8) is 0 Å². The molecule has 0 N–H and O–H groups in total. The molecule has 0 bridgehead atoms. The summed E-state index contributed by atoms with van der Waals surface area (Å²) in [7, 11) is 1.75. The second kappa shape index (κ2) is 7.63. The third kappa shape index (κ3) is 4.13. The summed E-state index contributed by atoms with van der Waals surface area (Å²) in [6.07, 6.45) is 3.47. The summed E-state index contributed by atoms with van der Waals surface area (Å²) >= 11 is 0. The maximum absolute atomic E-state index is 5.38. The molecule has 0 aliphatic carbocycles. The lowest BCUT2D eigenvalue weighted by Gasteiger charge is -2.39.